The molecule has 31 heavy (non-hydrogen) atoms. The molecule has 6 nitrogen and oxygen atoms in total. The zero-order valence-electron chi connectivity index (χ0n) is 16.8. The molecular formula is C22H22ClFN2O4S. The van der Waals surface area contributed by atoms with Crippen LogP contribution >= 0.6 is 11.6 Å². The number of primary sulfonamides is 1. The smallest absolute Gasteiger partial charge is 0.238 e. The predicted molar refractivity (Wildman–Crippen MR) is 118 cm³/mol. The van der Waals surface area contributed by atoms with E-state index >= 15 is 0 Å². The van der Waals surface area contributed by atoms with E-state index in [2.05, 4.69) is 5.32 Å². The second-order valence-electron chi connectivity index (χ2n) is 6.64. The summed E-state index contributed by atoms with van der Waals surface area (Å²) in [5.41, 5.74) is 1.94. The fraction of sp³-hybridized carbons (Fsp3) is 0.182. The quantitative estimate of drug-likeness (QED) is 0.478. The van der Waals surface area contributed by atoms with Crippen molar-refractivity contribution >= 4 is 27.3 Å². The van der Waals surface area contributed by atoms with Crippen molar-refractivity contribution in [2.24, 2.45) is 5.14 Å². The van der Waals surface area contributed by atoms with E-state index in [1.165, 1.54) is 18.2 Å². The van der Waals surface area contributed by atoms with Gasteiger partial charge in [-0.3, -0.25) is 0 Å². The van der Waals surface area contributed by atoms with Crippen molar-refractivity contribution in [1.82, 2.24) is 0 Å². The highest BCUT2D eigenvalue weighted by molar-refractivity contribution is 7.89. The second kappa shape index (κ2) is 10.00. The second-order valence-corrected chi connectivity index (χ2v) is 8.61. The molecule has 0 unspecified atom stereocenters. The predicted octanol–water partition coefficient (Wildman–Crippen LogP) is 4.72. The van der Waals surface area contributed by atoms with Gasteiger partial charge in [0.2, 0.25) is 10.0 Å². The van der Waals surface area contributed by atoms with Crippen LogP contribution in [-0.2, 0) is 23.2 Å². The first kappa shape index (κ1) is 22.9. The van der Waals surface area contributed by atoms with Gasteiger partial charge >= 0.3 is 0 Å². The van der Waals surface area contributed by atoms with Gasteiger partial charge in [-0.2, -0.15) is 0 Å². The van der Waals surface area contributed by atoms with Crippen LogP contribution in [-0.4, -0.2) is 15.0 Å². The third-order valence-corrected chi connectivity index (χ3v) is 5.59. The van der Waals surface area contributed by atoms with Gasteiger partial charge in [-0.1, -0.05) is 29.8 Å². The van der Waals surface area contributed by atoms with Crippen molar-refractivity contribution < 1.29 is 22.3 Å². The topological polar surface area (TPSA) is 90.6 Å². The number of rotatable bonds is 9. The Bertz CT molecular complexity index is 1150. The number of benzene rings is 3. The molecule has 164 valence electrons. The van der Waals surface area contributed by atoms with Gasteiger partial charge in [0, 0.05) is 17.8 Å². The number of ether oxygens (including phenoxy) is 2. The number of hydrogen-bond donors (Lipinski definition) is 2. The van der Waals surface area contributed by atoms with Crippen LogP contribution in [0.3, 0.4) is 0 Å². The average Bonchev–Trinajstić information content (AvgIpc) is 2.73. The van der Waals surface area contributed by atoms with Crippen LogP contribution in [0, 0.1) is 5.82 Å². The highest BCUT2D eigenvalue weighted by Gasteiger charge is 2.14. The van der Waals surface area contributed by atoms with Gasteiger partial charge in [-0.15, -0.1) is 0 Å². The number of nitrogens with one attached hydrogen (secondary N) is 1. The van der Waals surface area contributed by atoms with Gasteiger partial charge in [0.15, 0.2) is 11.5 Å². The monoisotopic (exact) mass is 464 g/mol. The van der Waals surface area contributed by atoms with Crippen LogP contribution in [0.1, 0.15) is 18.1 Å². The zero-order chi connectivity index (χ0) is 22.4. The van der Waals surface area contributed by atoms with Crippen molar-refractivity contribution in [3.63, 3.8) is 0 Å². The highest BCUT2D eigenvalue weighted by Crippen LogP contribution is 2.37. The Morgan fingerprint density at radius 2 is 1.77 bits per heavy atom. The molecule has 0 heterocycles. The van der Waals surface area contributed by atoms with E-state index in [1.54, 1.807) is 42.5 Å². The molecule has 0 aliphatic carbocycles. The van der Waals surface area contributed by atoms with Crippen molar-refractivity contribution in [1.29, 1.82) is 0 Å². The first-order chi connectivity index (χ1) is 14.8. The Morgan fingerprint density at radius 1 is 1.06 bits per heavy atom. The van der Waals surface area contributed by atoms with E-state index in [0.717, 1.165) is 5.56 Å². The van der Waals surface area contributed by atoms with Gasteiger partial charge in [-0.05, 0) is 55.0 Å². The van der Waals surface area contributed by atoms with E-state index in [0.29, 0.717) is 40.9 Å². The Morgan fingerprint density at radius 3 is 2.42 bits per heavy atom. The summed E-state index contributed by atoms with van der Waals surface area (Å²) in [6, 6.07) is 16.0. The summed E-state index contributed by atoms with van der Waals surface area (Å²) in [5, 5.41) is 8.63. The van der Waals surface area contributed by atoms with Gasteiger partial charge in [-0.25, -0.2) is 17.9 Å². The van der Waals surface area contributed by atoms with Crippen LogP contribution in [0.15, 0.2) is 65.6 Å². The summed E-state index contributed by atoms with van der Waals surface area (Å²) in [4.78, 5) is 0.0380. The lowest BCUT2D eigenvalue weighted by Crippen LogP contribution is -2.12. The van der Waals surface area contributed by atoms with E-state index < -0.39 is 10.0 Å². The molecule has 0 atom stereocenters. The Balaban J connectivity index is 1.74. The standard InChI is InChI=1S/C22H22ClFN2O4S/c1-2-29-21-12-15(13-26-17-7-9-18(10-8-17)31(25,27)28)11-19(23)22(21)30-14-16-5-3-4-6-20(16)24/h3-12,26H,2,13-14H2,1H3,(H2,25,27,28). The first-order valence-electron chi connectivity index (χ1n) is 9.46. The number of hydrogen-bond acceptors (Lipinski definition) is 5. The van der Waals surface area contributed by atoms with E-state index in [9.17, 15) is 12.8 Å². The van der Waals surface area contributed by atoms with Crippen LogP contribution in [0.25, 0.3) is 0 Å². The molecule has 0 spiro atoms. The number of anilines is 1. The summed E-state index contributed by atoms with van der Waals surface area (Å²) >= 11 is 6.42. The van der Waals surface area contributed by atoms with Crippen molar-refractivity contribution in [2.45, 2.75) is 25.0 Å². The number of halogens is 2. The largest absolute Gasteiger partial charge is 0.490 e. The summed E-state index contributed by atoms with van der Waals surface area (Å²) in [6.07, 6.45) is 0. The summed E-state index contributed by atoms with van der Waals surface area (Å²) in [5.74, 6) is 0.437. The fourth-order valence-electron chi connectivity index (χ4n) is 2.86. The van der Waals surface area contributed by atoms with E-state index in [-0.39, 0.29) is 17.3 Å². The van der Waals surface area contributed by atoms with Gasteiger partial charge in [0.05, 0.1) is 16.5 Å². The van der Waals surface area contributed by atoms with Crippen LogP contribution < -0.4 is 19.9 Å². The molecule has 3 N–H and O–H groups in total. The molecule has 0 aliphatic rings. The van der Waals surface area contributed by atoms with Gasteiger partial charge in [0.1, 0.15) is 12.4 Å². The van der Waals surface area contributed by atoms with Gasteiger partial charge < -0.3 is 14.8 Å². The molecule has 3 aromatic rings. The van der Waals surface area contributed by atoms with E-state index in [4.69, 9.17) is 26.2 Å². The van der Waals surface area contributed by atoms with Crippen molar-refractivity contribution in [3.8, 4) is 11.5 Å². The van der Waals surface area contributed by atoms with Gasteiger partial charge in [0.25, 0.3) is 0 Å². The zero-order valence-corrected chi connectivity index (χ0v) is 18.3. The maximum absolute atomic E-state index is 13.9. The molecule has 0 aromatic heterocycles. The Kier molecular flexibility index (Phi) is 7.37. The lowest BCUT2D eigenvalue weighted by Gasteiger charge is -2.16. The average molecular weight is 465 g/mol. The molecule has 9 heteroatoms. The lowest BCUT2D eigenvalue weighted by atomic mass is 10.2. The van der Waals surface area contributed by atoms with Crippen molar-refractivity contribution in [3.05, 3.63) is 82.6 Å². The van der Waals surface area contributed by atoms with E-state index in [1.807, 2.05) is 6.92 Å². The molecule has 0 radical (unpaired) electrons. The van der Waals surface area contributed by atoms with Crippen LogP contribution in [0.4, 0.5) is 10.1 Å². The SMILES string of the molecule is CCOc1cc(CNc2ccc(S(N)(=O)=O)cc2)cc(Cl)c1OCc1ccccc1F. The number of sulfonamides is 1. The minimum absolute atomic E-state index is 0.0143. The summed E-state index contributed by atoms with van der Waals surface area (Å²) in [6.45, 7) is 2.66. The molecule has 0 amide bonds. The first-order valence-corrected chi connectivity index (χ1v) is 11.4. The molecule has 0 saturated heterocycles. The molecule has 3 rings (SSSR count). The lowest BCUT2D eigenvalue weighted by molar-refractivity contribution is 0.266. The normalized spacial score (nSPS) is 11.2. The maximum Gasteiger partial charge on any atom is 0.238 e. The summed E-state index contributed by atoms with van der Waals surface area (Å²) in [7, 11) is -3.74. The highest BCUT2D eigenvalue weighted by atomic mass is 35.5. The Hall–Kier alpha value is -2.81. The number of nitrogens with two attached hydrogens (primary N) is 1. The van der Waals surface area contributed by atoms with Crippen molar-refractivity contribution in [2.75, 3.05) is 11.9 Å². The molecule has 3 aromatic carbocycles. The summed E-state index contributed by atoms with van der Waals surface area (Å²) < 4.78 is 48.0. The molecule has 0 saturated carbocycles. The molecule has 0 fully saturated rings. The molecular weight excluding hydrogens is 443 g/mol. The minimum atomic E-state index is -3.74. The third kappa shape index (κ3) is 6.10. The minimum Gasteiger partial charge on any atom is -0.490 e. The fourth-order valence-corrected chi connectivity index (χ4v) is 3.66. The van der Waals surface area contributed by atoms with Crippen LogP contribution in [0.2, 0.25) is 5.02 Å². The van der Waals surface area contributed by atoms with Crippen LogP contribution in [0.5, 0.6) is 11.5 Å². The third-order valence-electron chi connectivity index (χ3n) is 4.38. The molecule has 0 aliphatic heterocycles. The Labute approximate surface area is 185 Å². The molecule has 0 bridgehead atoms. The maximum atomic E-state index is 13.9.